The molecular weight excluding hydrogens is 334 g/mol. The highest BCUT2D eigenvalue weighted by atomic mass is 32.2. The van der Waals surface area contributed by atoms with Crippen LogP contribution in [0.3, 0.4) is 0 Å². The molecule has 0 bridgehead atoms. The molecule has 0 atom stereocenters. The third-order valence-electron chi connectivity index (χ3n) is 3.14. The second kappa shape index (κ2) is 5.87. The van der Waals surface area contributed by atoms with Crippen LogP contribution < -0.4 is 10.8 Å². The molecule has 0 radical (unpaired) electrons. The summed E-state index contributed by atoms with van der Waals surface area (Å²) in [6, 6.07) is 11.1. The lowest BCUT2D eigenvalue weighted by molar-refractivity contribution is 0.474. The molecule has 0 aliphatic carbocycles. The molecule has 0 aliphatic rings. The zero-order valence-corrected chi connectivity index (χ0v) is 12.9. The van der Waals surface area contributed by atoms with Crippen LogP contribution in [0.25, 0.3) is 11.0 Å². The first-order valence-corrected chi connectivity index (χ1v) is 8.19. The molecule has 2 aromatic carbocycles. The van der Waals surface area contributed by atoms with Crippen LogP contribution >= 0.6 is 0 Å². The lowest BCUT2D eigenvalue weighted by atomic mass is 10.2. The van der Waals surface area contributed by atoms with Gasteiger partial charge in [-0.2, -0.15) is 5.11 Å². The molecule has 0 saturated heterocycles. The second-order valence-corrected chi connectivity index (χ2v) is 6.44. The normalized spacial score (nSPS) is 12.0. The van der Waals surface area contributed by atoms with Gasteiger partial charge in [0.25, 0.3) is 0 Å². The topological polar surface area (TPSA) is 135 Å². The maximum Gasteiger partial charge on any atom is 0.336 e. The number of primary sulfonamides is 1. The van der Waals surface area contributed by atoms with Crippen molar-refractivity contribution in [2.45, 2.75) is 4.90 Å². The van der Waals surface area contributed by atoms with Gasteiger partial charge in [-0.15, -0.1) is 5.11 Å². The number of azo groups is 1. The van der Waals surface area contributed by atoms with Crippen LogP contribution in [0.4, 0.5) is 11.4 Å². The minimum atomic E-state index is -3.84. The number of rotatable bonds is 3. The van der Waals surface area contributed by atoms with Gasteiger partial charge in [-0.25, -0.2) is 18.4 Å². The summed E-state index contributed by atoms with van der Waals surface area (Å²) in [6.45, 7) is 0. The van der Waals surface area contributed by atoms with Gasteiger partial charge < -0.3 is 9.52 Å². The van der Waals surface area contributed by atoms with E-state index in [2.05, 4.69) is 10.2 Å². The van der Waals surface area contributed by atoms with Gasteiger partial charge in [0.2, 0.25) is 10.0 Å². The van der Waals surface area contributed by atoms with Crippen LogP contribution in [0, 0.1) is 0 Å². The van der Waals surface area contributed by atoms with Crippen molar-refractivity contribution >= 4 is 32.4 Å². The van der Waals surface area contributed by atoms with E-state index in [-0.39, 0.29) is 27.6 Å². The molecule has 3 aromatic rings. The van der Waals surface area contributed by atoms with Crippen LogP contribution in [0.5, 0.6) is 5.75 Å². The van der Waals surface area contributed by atoms with E-state index in [9.17, 15) is 18.3 Å². The lowest BCUT2D eigenvalue weighted by Gasteiger charge is -2.01. The van der Waals surface area contributed by atoms with Crippen LogP contribution in [0.2, 0.25) is 0 Å². The summed E-state index contributed by atoms with van der Waals surface area (Å²) in [5.41, 5.74) is 0.0734. The van der Waals surface area contributed by atoms with E-state index < -0.39 is 15.6 Å². The van der Waals surface area contributed by atoms with Crippen molar-refractivity contribution in [2.24, 2.45) is 15.4 Å². The molecule has 1 aromatic heterocycles. The van der Waals surface area contributed by atoms with Crippen molar-refractivity contribution in [1.29, 1.82) is 0 Å². The van der Waals surface area contributed by atoms with Crippen LogP contribution in [-0.2, 0) is 10.0 Å². The van der Waals surface area contributed by atoms with Crippen LogP contribution in [0.15, 0.2) is 72.9 Å². The number of aromatic hydroxyl groups is 1. The Hall–Kier alpha value is -3.04. The van der Waals surface area contributed by atoms with Crippen molar-refractivity contribution in [2.75, 3.05) is 0 Å². The Balaban J connectivity index is 2.00. The first-order chi connectivity index (χ1) is 11.3. The fraction of sp³-hybridized carbons (Fsp3) is 0. The molecule has 0 spiro atoms. The number of hydrogen-bond donors (Lipinski definition) is 2. The molecule has 0 aliphatic heterocycles. The van der Waals surface area contributed by atoms with E-state index in [0.717, 1.165) is 0 Å². The Kier molecular flexibility index (Phi) is 3.87. The Labute approximate surface area is 135 Å². The van der Waals surface area contributed by atoms with E-state index in [0.29, 0.717) is 5.39 Å². The Morgan fingerprint density at radius 1 is 1.04 bits per heavy atom. The van der Waals surface area contributed by atoms with Crippen molar-refractivity contribution < 1.29 is 17.9 Å². The summed E-state index contributed by atoms with van der Waals surface area (Å²) in [6.07, 6.45) is 0. The van der Waals surface area contributed by atoms with E-state index in [1.807, 2.05) is 0 Å². The molecule has 0 unspecified atom stereocenters. The molecule has 9 heteroatoms. The highest BCUT2D eigenvalue weighted by molar-refractivity contribution is 7.89. The maximum absolute atomic E-state index is 11.3. The number of phenols is 1. The summed E-state index contributed by atoms with van der Waals surface area (Å²) >= 11 is 0. The van der Waals surface area contributed by atoms with Gasteiger partial charge in [0.15, 0.2) is 0 Å². The number of sulfonamides is 1. The second-order valence-electron chi connectivity index (χ2n) is 4.88. The minimum Gasteiger partial charge on any atom is -0.505 e. The summed E-state index contributed by atoms with van der Waals surface area (Å²) in [4.78, 5) is 11.1. The number of nitrogens with zero attached hydrogens (tertiary/aromatic N) is 2. The third kappa shape index (κ3) is 3.31. The fourth-order valence-corrected chi connectivity index (χ4v) is 2.56. The summed E-state index contributed by atoms with van der Waals surface area (Å²) in [5, 5.41) is 23.3. The zero-order chi connectivity index (χ0) is 17.3. The standard InChI is InChI=1S/C15H11N3O5S/c16-24(21,22)11-3-1-2-10(7-11)17-18-12-6-9-4-5-15(20)23-14(9)8-13(12)19/h1-8,19H,(H2,16,21,22). The zero-order valence-electron chi connectivity index (χ0n) is 12.1. The Morgan fingerprint density at radius 3 is 2.58 bits per heavy atom. The molecule has 0 saturated carbocycles. The van der Waals surface area contributed by atoms with Gasteiger partial charge in [0, 0.05) is 17.5 Å². The first-order valence-electron chi connectivity index (χ1n) is 6.64. The maximum atomic E-state index is 11.3. The monoisotopic (exact) mass is 345 g/mol. The van der Waals surface area contributed by atoms with Crippen molar-refractivity contribution in [1.82, 2.24) is 0 Å². The minimum absolute atomic E-state index is 0.0940. The number of phenolic OH excluding ortho intramolecular Hbond substituents is 1. The summed E-state index contributed by atoms with van der Waals surface area (Å²) in [5.74, 6) is -0.233. The number of hydrogen-bond acceptors (Lipinski definition) is 7. The Morgan fingerprint density at radius 2 is 1.83 bits per heavy atom. The molecular formula is C15H11N3O5S. The lowest BCUT2D eigenvalue weighted by Crippen LogP contribution is -2.11. The molecule has 24 heavy (non-hydrogen) atoms. The molecule has 0 amide bonds. The fourth-order valence-electron chi connectivity index (χ4n) is 2.01. The summed E-state index contributed by atoms with van der Waals surface area (Å²) in [7, 11) is -3.84. The number of nitrogens with two attached hydrogens (primary N) is 1. The highest BCUT2D eigenvalue weighted by Gasteiger charge is 2.08. The first kappa shape index (κ1) is 15.8. The average Bonchev–Trinajstić information content (AvgIpc) is 2.52. The third-order valence-corrected chi connectivity index (χ3v) is 4.05. The van der Waals surface area contributed by atoms with Crippen molar-refractivity contribution in [3.63, 3.8) is 0 Å². The van der Waals surface area contributed by atoms with Crippen LogP contribution in [0.1, 0.15) is 0 Å². The predicted octanol–water partition coefficient (Wildman–Crippen LogP) is 2.56. The molecule has 0 fully saturated rings. The smallest absolute Gasteiger partial charge is 0.336 e. The molecule has 3 N–H and O–H groups in total. The van der Waals surface area contributed by atoms with Gasteiger partial charge in [-0.05, 0) is 30.3 Å². The summed E-state index contributed by atoms with van der Waals surface area (Å²) < 4.78 is 27.6. The molecule has 3 rings (SSSR count). The van der Waals surface area contributed by atoms with Crippen LogP contribution in [-0.4, -0.2) is 13.5 Å². The van der Waals surface area contributed by atoms with Gasteiger partial charge in [-0.3, -0.25) is 0 Å². The molecule has 8 nitrogen and oxygen atoms in total. The quantitative estimate of drug-likeness (QED) is 0.555. The largest absolute Gasteiger partial charge is 0.505 e. The number of benzene rings is 2. The van der Waals surface area contributed by atoms with E-state index >= 15 is 0 Å². The van der Waals surface area contributed by atoms with E-state index in [1.165, 1.54) is 48.5 Å². The average molecular weight is 345 g/mol. The SMILES string of the molecule is NS(=O)(=O)c1cccc(N=Nc2cc3ccc(=O)oc3cc2O)c1. The van der Waals surface area contributed by atoms with Gasteiger partial charge in [-0.1, -0.05) is 6.07 Å². The van der Waals surface area contributed by atoms with E-state index in [4.69, 9.17) is 9.56 Å². The van der Waals surface area contributed by atoms with Crippen molar-refractivity contribution in [3.05, 3.63) is 59.0 Å². The van der Waals surface area contributed by atoms with Crippen molar-refractivity contribution in [3.8, 4) is 5.75 Å². The van der Waals surface area contributed by atoms with Gasteiger partial charge >= 0.3 is 5.63 Å². The number of fused-ring (bicyclic) bond motifs is 1. The Bertz CT molecular complexity index is 1120. The predicted molar refractivity (Wildman–Crippen MR) is 86.1 cm³/mol. The van der Waals surface area contributed by atoms with E-state index in [1.54, 1.807) is 0 Å². The molecule has 122 valence electrons. The highest BCUT2D eigenvalue weighted by Crippen LogP contribution is 2.32. The van der Waals surface area contributed by atoms with Gasteiger partial charge in [0.05, 0.1) is 10.6 Å². The molecule has 1 heterocycles. The van der Waals surface area contributed by atoms with Gasteiger partial charge in [0.1, 0.15) is 17.0 Å².